The number of carbonyl (C=O) groups is 1. The lowest BCUT2D eigenvalue weighted by Crippen LogP contribution is -2.32. The van der Waals surface area contributed by atoms with Gasteiger partial charge in [0.05, 0.1) is 5.52 Å². The van der Waals surface area contributed by atoms with Gasteiger partial charge in [-0.25, -0.2) is 4.79 Å². The predicted molar refractivity (Wildman–Crippen MR) is 85.0 cm³/mol. The van der Waals surface area contributed by atoms with E-state index in [-0.39, 0.29) is 0 Å². The Kier molecular flexibility index (Phi) is 4.58. The van der Waals surface area contributed by atoms with Gasteiger partial charge in [0, 0.05) is 18.1 Å². The number of nitrogens with one attached hydrogen (secondary N) is 1. The van der Waals surface area contributed by atoms with E-state index in [1.807, 2.05) is 63.4 Å². The van der Waals surface area contributed by atoms with Crippen LogP contribution in [0.3, 0.4) is 0 Å². The lowest BCUT2D eigenvalue weighted by atomic mass is 10.1. The first-order chi connectivity index (χ1) is 9.94. The Morgan fingerprint density at radius 1 is 1.33 bits per heavy atom. The monoisotopic (exact) mass is 284 g/mol. The third-order valence-electron chi connectivity index (χ3n) is 2.69. The van der Waals surface area contributed by atoms with Crippen LogP contribution >= 0.6 is 0 Å². The van der Waals surface area contributed by atoms with Gasteiger partial charge in [0.1, 0.15) is 5.60 Å². The summed E-state index contributed by atoms with van der Waals surface area (Å²) in [4.78, 5) is 15.8. The Balaban J connectivity index is 1.90. The molecule has 4 nitrogen and oxygen atoms in total. The number of hydrogen-bond acceptors (Lipinski definition) is 3. The summed E-state index contributed by atoms with van der Waals surface area (Å²) in [5.41, 5.74) is 1.50. The van der Waals surface area contributed by atoms with Gasteiger partial charge in [-0.15, -0.1) is 0 Å². The maximum absolute atomic E-state index is 11.5. The van der Waals surface area contributed by atoms with E-state index < -0.39 is 11.7 Å². The van der Waals surface area contributed by atoms with Crippen molar-refractivity contribution in [3.8, 4) is 0 Å². The molecule has 0 aliphatic rings. The van der Waals surface area contributed by atoms with Crippen LogP contribution in [-0.4, -0.2) is 23.2 Å². The zero-order valence-corrected chi connectivity index (χ0v) is 12.6. The molecule has 0 bridgehead atoms. The number of alkyl carbamates (subject to hydrolysis) is 1. The van der Waals surface area contributed by atoms with Crippen LogP contribution in [0.2, 0.25) is 0 Å². The van der Waals surface area contributed by atoms with E-state index in [9.17, 15) is 4.79 Å². The first-order valence-corrected chi connectivity index (χ1v) is 6.92. The molecule has 0 saturated heterocycles. The zero-order chi connectivity index (χ0) is 15.3. The maximum atomic E-state index is 11.5. The molecule has 0 aliphatic heterocycles. The van der Waals surface area contributed by atoms with Crippen molar-refractivity contribution in [3.05, 3.63) is 48.2 Å². The first-order valence-electron chi connectivity index (χ1n) is 6.92. The zero-order valence-electron chi connectivity index (χ0n) is 12.6. The molecule has 0 radical (unpaired) electrons. The second-order valence-electron chi connectivity index (χ2n) is 5.75. The topological polar surface area (TPSA) is 51.2 Å². The Morgan fingerprint density at radius 2 is 2.10 bits per heavy atom. The van der Waals surface area contributed by atoms with Crippen LogP contribution in [0.15, 0.2) is 42.6 Å². The van der Waals surface area contributed by atoms with Crippen molar-refractivity contribution in [1.29, 1.82) is 0 Å². The van der Waals surface area contributed by atoms with Crippen LogP contribution in [0.5, 0.6) is 0 Å². The second kappa shape index (κ2) is 6.39. The number of carbonyl (C=O) groups excluding carboxylic acids is 1. The Hall–Kier alpha value is -2.36. The van der Waals surface area contributed by atoms with Crippen molar-refractivity contribution in [2.24, 2.45) is 0 Å². The molecule has 110 valence electrons. The fraction of sp³-hybridized carbons (Fsp3) is 0.294. The Labute approximate surface area is 124 Å². The number of aromatic nitrogens is 1. The lowest BCUT2D eigenvalue weighted by molar-refractivity contribution is 0.0534. The molecule has 0 fully saturated rings. The SMILES string of the molecule is CC(C)(C)OC(=O)NCC=Cc1cnc2ccccc2c1. The van der Waals surface area contributed by atoms with E-state index in [0.717, 1.165) is 16.5 Å². The average molecular weight is 284 g/mol. The summed E-state index contributed by atoms with van der Waals surface area (Å²) in [6.07, 6.45) is 5.20. The van der Waals surface area contributed by atoms with Crippen molar-refractivity contribution in [2.45, 2.75) is 26.4 Å². The quantitative estimate of drug-likeness (QED) is 0.933. The van der Waals surface area contributed by atoms with E-state index in [1.54, 1.807) is 0 Å². The van der Waals surface area contributed by atoms with Gasteiger partial charge >= 0.3 is 6.09 Å². The summed E-state index contributed by atoms with van der Waals surface area (Å²) in [7, 11) is 0. The minimum atomic E-state index is -0.476. The molecule has 2 aromatic rings. The summed E-state index contributed by atoms with van der Waals surface area (Å²) < 4.78 is 5.15. The number of ether oxygens (including phenoxy) is 1. The van der Waals surface area contributed by atoms with Gasteiger partial charge in [0.15, 0.2) is 0 Å². The van der Waals surface area contributed by atoms with E-state index >= 15 is 0 Å². The first kappa shape index (κ1) is 15.0. The maximum Gasteiger partial charge on any atom is 0.407 e. The van der Waals surface area contributed by atoms with Crippen LogP contribution in [0.25, 0.3) is 17.0 Å². The van der Waals surface area contributed by atoms with Crippen LogP contribution in [-0.2, 0) is 4.74 Å². The van der Waals surface area contributed by atoms with E-state index in [1.165, 1.54) is 0 Å². The summed E-state index contributed by atoms with van der Waals surface area (Å²) in [5.74, 6) is 0. The number of para-hydroxylation sites is 1. The minimum absolute atomic E-state index is 0.413. The van der Waals surface area contributed by atoms with Gasteiger partial charge in [0.2, 0.25) is 0 Å². The number of nitrogens with zero attached hydrogens (tertiary/aromatic N) is 1. The van der Waals surface area contributed by atoms with Crippen LogP contribution < -0.4 is 5.32 Å². The summed E-state index contributed by atoms with van der Waals surface area (Å²) in [6.45, 7) is 5.93. The molecule has 0 atom stereocenters. The van der Waals surface area contributed by atoms with E-state index in [4.69, 9.17) is 4.74 Å². The third-order valence-corrected chi connectivity index (χ3v) is 2.69. The number of amides is 1. The molecular weight excluding hydrogens is 264 g/mol. The van der Waals surface area contributed by atoms with Gasteiger partial charge in [-0.2, -0.15) is 0 Å². The fourth-order valence-corrected chi connectivity index (χ4v) is 1.83. The molecule has 21 heavy (non-hydrogen) atoms. The highest BCUT2D eigenvalue weighted by atomic mass is 16.6. The number of hydrogen-bond donors (Lipinski definition) is 1. The molecular formula is C17H20N2O2. The van der Waals surface area contributed by atoms with Gasteiger partial charge in [0.25, 0.3) is 0 Å². The highest BCUT2D eigenvalue weighted by Gasteiger charge is 2.14. The van der Waals surface area contributed by atoms with Gasteiger partial charge < -0.3 is 10.1 Å². The van der Waals surface area contributed by atoms with Crippen LogP contribution in [0, 0.1) is 0 Å². The lowest BCUT2D eigenvalue weighted by Gasteiger charge is -2.19. The predicted octanol–water partition coefficient (Wildman–Crippen LogP) is 3.77. The van der Waals surface area contributed by atoms with Crippen molar-refractivity contribution in [2.75, 3.05) is 6.54 Å². The Morgan fingerprint density at radius 3 is 2.86 bits per heavy atom. The molecule has 1 heterocycles. The molecule has 0 saturated carbocycles. The molecule has 4 heteroatoms. The normalized spacial score (nSPS) is 11.8. The highest BCUT2D eigenvalue weighted by Crippen LogP contribution is 2.13. The molecule has 1 N–H and O–H groups in total. The van der Waals surface area contributed by atoms with Crippen molar-refractivity contribution < 1.29 is 9.53 Å². The molecule has 1 aromatic carbocycles. The largest absolute Gasteiger partial charge is 0.444 e. The van der Waals surface area contributed by atoms with Crippen LogP contribution in [0.1, 0.15) is 26.3 Å². The standard InChI is InChI=1S/C17H20N2O2/c1-17(2,3)21-16(20)18-10-6-7-13-11-14-8-4-5-9-15(14)19-12-13/h4-9,11-12H,10H2,1-3H3,(H,18,20). The molecule has 0 aliphatic carbocycles. The van der Waals surface area contributed by atoms with Crippen LogP contribution in [0.4, 0.5) is 4.79 Å². The number of rotatable bonds is 3. The molecule has 1 aromatic heterocycles. The smallest absolute Gasteiger partial charge is 0.407 e. The van der Waals surface area contributed by atoms with Gasteiger partial charge in [-0.05, 0) is 38.5 Å². The molecule has 0 spiro atoms. The summed E-state index contributed by atoms with van der Waals surface area (Å²) >= 11 is 0. The van der Waals surface area contributed by atoms with Gasteiger partial charge in [-0.3, -0.25) is 4.98 Å². The van der Waals surface area contributed by atoms with Crippen molar-refractivity contribution in [3.63, 3.8) is 0 Å². The third kappa shape index (κ3) is 4.91. The van der Waals surface area contributed by atoms with Crippen molar-refractivity contribution in [1.82, 2.24) is 10.3 Å². The second-order valence-corrected chi connectivity index (χ2v) is 5.75. The molecule has 1 amide bonds. The van der Waals surface area contributed by atoms with Crippen molar-refractivity contribution >= 4 is 23.1 Å². The summed E-state index contributed by atoms with van der Waals surface area (Å²) in [5, 5.41) is 3.78. The summed E-state index contributed by atoms with van der Waals surface area (Å²) in [6, 6.07) is 10.0. The van der Waals surface area contributed by atoms with Gasteiger partial charge in [-0.1, -0.05) is 30.4 Å². The number of pyridine rings is 1. The highest BCUT2D eigenvalue weighted by molar-refractivity contribution is 5.80. The fourth-order valence-electron chi connectivity index (χ4n) is 1.83. The van der Waals surface area contributed by atoms with E-state index in [0.29, 0.717) is 6.54 Å². The molecule has 2 rings (SSSR count). The minimum Gasteiger partial charge on any atom is -0.444 e. The number of benzene rings is 1. The molecule has 0 unspecified atom stereocenters. The average Bonchev–Trinajstić information content (AvgIpc) is 2.41. The number of fused-ring (bicyclic) bond motifs is 1. The Bertz CT molecular complexity index is 657. The van der Waals surface area contributed by atoms with E-state index in [2.05, 4.69) is 16.4 Å².